The molecule has 19 nitrogen and oxygen atoms in total. The molecule has 2 aliphatic rings. The van der Waals surface area contributed by atoms with Gasteiger partial charge >= 0.3 is 23.1 Å². The molecule has 0 saturated carbocycles. The number of thioether (sulfide) groups is 1. The summed E-state index contributed by atoms with van der Waals surface area (Å²) in [7, 11) is 1.37. The van der Waals surface area contributed by atoms with E-state index in [1.807, 2.05) is 152 Å². The highest BCUT2D eigenvalue weighted by atomic mass is 32.2. The van der Waals surface area contributed by atoms with Crippen LogP contribution in [0.5, 0.6) is 0 Å². The third-order valence-electron chi connectivity index (χ3n) is 13.5. The lowest BCUT2D eigenvalue weighted by atomic mass is 9.77. The molecular formula is C62H62N8O11S3. The van der Waals surface area contributed by atoms with E-state index in [9.17, 15) is 24.0 Å². The number of ether oxygens (including phenoxy) is 4. The van der Waals surface area contributed by atoms with E-state index >= 15 is 4.79 Å². The van der Waals surface area contributed by atoms with Crippen LogP contribution < -0.4 is 21.8 Å². The number of esters is 2. The van der Waals surface area contributed by atoms with Gasteiger partial charge in [-0.2, -0.15) is 0 Å². The Hall–Kier alpha value is -8.41. The zero-order chi connectivity index (χ0) is 59.5. The third kappa shape index (κ3) is 13.5. The fraction of sp³-hybridized carbons (Fsp3) is 0.290. The molecule has 1 fully saturated rings. The van der Waals surface area contributed by atoms with E-state index < -0.39 is 76.4 Å². The van der Waals surface area contributed by atoms with E-state index in [1.54, 1.807) is 40.0 Å². The van der Waals surface area contributed by atoms with Crippen LogP contribution in [-0.2, 0) is 62.1 Å². The molecular weight excluding hydrogens is 1130 g/mol. The Kier molecular flexibility index (Phi) is 19.3. The van der Waals surface area contributed by atoms with E-state index in [1.165, 1.54) is 35.0 Å². The molecule has 5 aromatic carbocycles. The number of nitrogens with one attached hydrogen (secondary N) is 2. The number of aromatic nitrogens is 4. The molecule has 2 atom stereocenters. The van der Waals surface area contributed by atoms with Gasteiger partial charge in [0, 0.05) is 37.8 Å². The number of amides is 2. The highest BCUT2D eigenvalue weighted by Crippen LogP contribution is 2.44. The van der Waals surface area contributed by atoms with Crippen LogP contribution in [0.1, 0.15) is 86.5 Å². The van der Waals surface area contributed by atoms with Crippen LogP contribution in [0.15, 0.2) is 183 Å². The van der Waals surface area contributed by atoms with Crippen LogP contribution >= 0.6 is 35.3 Å². The maximum Gasteiger partial charge on any atom is 0.356 e. The summed E-state index contributed by atoms with van der Waals surface area (Å²) in [5.74, 6) is -3.10. The second kappa shape index (κ2) is 26.9. The molecule has 2 unspecified atom stereocenters. The molecule has 1 saturated heterocycles. The number of rotatable bonds is 24. The fourth-order valence-corrected chi connectivity index (χ4v) is 12.2. The van der Waals surface area contributed by atoms with Gasteiger partial charge in [0.15, 0.2) is 29.1 Å². The first-order valence-corrected chi connectivity index (χ1v) is 29.4. The number of fused-ring (bicyclic) bond motifs is 1. The SMILES string of the molecule is CCOC(Cn1nc(C(=S)CC2=C(C(=O)OC(c3ccccc3)c3ccccc3)N3C(=O)C(NC(=O)C(=NOCC(=O)OC(C)(C)C)c4csc(NC(c5ccccc5)(c5ccccc5)c5ccccc5)n4)C3SC2)n(C)c(=O)c1=O)OCC. The van der Waals surface area contributed by atoms with Gasteiger partial charge in [0.25, 0.3) is 11.8 Å². The van der Waals surface area contributed by atoms with Gasteiger partial charge in [0.05, 0.1) is 11.4 Å². The molecule has 0 radical (unpaired) electrons. The molecule has 2 aromatic heterocycles. The Morgan fingerprint density at radius 1 is 0.774 bits per heavy atom. The molecule has 434 valence electrons. The van der Waals surface area contributed by atoms with Crippen LogP contribution in [0, 0.1) is 0 Å². The van der Waals surface area contributed by atoms with E-state index in [0.29, 0.717) is 21.8 Å². The van der Waals surface area contributed by atoms with Crippen molar-refractivity contribution in [2.24, 2.45) is 12.2 Å². The van der Waals surface area contributed by atoms with Gasteiger partial charge in [0.2, 0.25) is 6.61 Å². The number of anilines is 1. The number of thiocarbonyl (C=S) groups is 1. The standard InChI is InChI=1S/C62H62N8O11S3/c1-7-77-48(78-8-2)35-69-57(75)56(74)68(6)53(66-69)46(82)34-41-37-83-58-50(55(73)70(58)51(41)59(76)80-52(39-24-14-9-15-25-39)40-26-16-10-17-27-40)64-54(72)49(67-79-36-47(71)81-61(3,4)5)45-38-84-60(63-45)65-62(42-28-18-11-19-29-42,43-30-20-12-21-31-43)44-32-22-13-23-33-44/h9-33,38,48,50,52,58H,7-8,34-37H2,1-6H3,(H,63,65)(H,64,72). The highest BCUT2D eigenvalue weighted by molar-refractivity contribution is 8.00. The number of hydrogen-bond donors (Lipinski definition) is 2. The molecule has 2 aliphatic heterocycles. The first-order chi connectivity index (χ1) is 40.5. The van der Waals surface area contributed by atoms with Gasteiger partial charge in [-0.15, -0.1) is 28.2 Å². The zero-order valence-corrected chi connectivity index (χ0v) is 49.4. The molecule has 9 rings (SSSR count). The number of β-lactam (4-membered cyclic amide) rings is 1. The molecule has 0 bridgehead atoms. The lowest BCUT2D eigenvalue weighted by Crippen LogP contribution is -2.71. The second-order valence-corrected chi connectivity index (χ2v) is 22.8. The Balaban J connectivity index is 1.05. The Bertz CT molecular complexity index is 3550. The monoisotopic (exact) mass is 1190 g/mol. The molecule has 2 amide bonds. The summed E-state index contributed by atoms with van der Waals surface area (Å²) in [6.07, 6.45) is -1.99. The van der Waals surface area contributed by atoms with Crippen molar-refractivity contribution < 1.29 is 43.0 Å². The molecule has 7 aromatic rings. The van der Waals surface area contributed by atoms with Crippen molar-refractivity contribution in [2.75, 3.05) is 30.9 Å². The summed E-state index contributed by atoms with van der Waals surface area (Å²) >= 11 is 8.43. The normalized spacial score (nSPS) is 15.3. The number of carbonyl (C=O) groups is 4. The van der Waals surface area contributed by atoms with Gasteiger partial charge in [0.1, 0.15) is 33.9 Å². The smallest absolute Gasteiger partial charge is 0.356 e. The van der Waals surface area contributed by atoms with Crippen molar-refractivity contribution in [1.82, 2.24) is 29.5 Å². The lowest BCUT2D eigenvalue weighted by Gasteiger charge is -2.49. The maximum absolute atomic E-state index is 15.1. The van der Waals surface area contributed by atoms with Crippen LogP contribution in [0.25, 0.3) is 0 Å². The van der Waals surface area contributed by atoms with Crippen LogP contribution in [-0.4, -0.2) is 107 Å². The number of nitrogens with zero attached hydrogens (tertiary/aromatic N) is 6. The summed E-state index contributed by atoms with van der Waals surface area (Å²) < 4.78 is 25.1. The van der Waals surface area contributed by atoms with Gasteiger partial charge < -0.3 is 34.4 Å². The molecule has 84 heavy (non-hydrogen) atoms. The minimum absolute atomic E-state index is 0.0350. The lowest BCUT2D eigenvalue weighted by molar-refractivity contribution is -0.160. The summed E-state index contributed by atoms with van der Waals surface area (Å²) in [4.78, 5) is 96.2. The molecule has 0 aliphatic carbocycles. The summed E-state index contributed by atoms with van der Waals surface area (Å²) in [6.45, 7) is 8.30. The number of hydrogen-bond acceptors (Lipinski definition) is 18. The second-order valence-electron chi connectivity index (χ2n) is 20.3. The quantitative estimate of drug-likeness (QED) is 0.00672. The molecule has 0 spiro atoms. The van der Waals surface area contributed by atoms with Crippen LogP contribution in [0.4, 0.5) is 5.13 Å². The van der Waals surface area contributed by atoms with Crippen molar-refractivity contribution in [3.8, 4) is 0 Å². The summed E-state index contributed by atoms with van der Waals surface area (Å²) in [6, 6.07) is 46.6. The molecule has 22 heteroatoms. The average molecular weight is 1190 g/mol. The minimum atomic E-state index is -1.23. The van der Waals surface area contributed by atoms with Crippen LogP contribution in [0.2, 0.25) is 0 Å². The summed E-state index contributed by atoms with van der Waals surface area (Å²) in [5.41, 5.74) is 0.285. The maximum atomic E-state index is 15.1. The van der Waals surface area contributed by atoms with Crippen molar-refractivity contribution in [1.29, 1.82) is 0 Å². The van der Waals surface area contributed by atoms with Gasteiger partial charge in [-0.3, -0.25) is 28.6 Å². The van der Waals surface area contributed by atoms with E-state index in [4.69, 9.17) is 41.0 Å². The molecule has 4 heterocycles. The van der Waals surface area contributed by atoms with Crippen molar-refractivity contribution >= 4 is 74.8 Å². The number of oxime groups is 1. The Morgan fingerprint density at radius 3 is 1.83 bits per heavy atom. The predicted octanol–water partition coefficient (Wildman–Crippen LogP) is 8.06. The first kappa shape index (κ1) is 60.2. The number of carbonyl (C=O) groups excluding carboxylic acids is 4. The fourth-order valence-electron chi connectivity index (χ4n) is 9.75. The van der Waals surface area contributed by atoms with Gasteiger partial charge in [-0.1, -0.05) is 169 Å². The van der Waals surface area contributed by atoms with E-state index in [2.05, 4.69) is 20.9 Å². The number of benzene rings is 5. The van der Waals surface area contributed by atoms with Gasteiger partial charge in [-0.25, -0.2) is 19.3 Å². The van der Waals surface area contributed by atoms with E-state index in [-0.39, 0.29) is 59.7 Å². The molecule has 2 N–H and O–H groups in total. The average Bonchev–Trinajstić information content (AvgIpc) is 1.84. The zero-order valence-electron chi connectivity index (χ0n) is 47.0. The van der Waals surface area contributed by atoms with Gasteiger partial charge in [-0.05, 0) is 68.0 Å². The van der Waals surface area contributed by atoms with E-state index in [0.717, 1.165) is 25.9 Å². The number of thiazole rings is 1. The topological polar surface area (TPSA) is 224 Å². The first-order valence-electron chi connectivity index (χ1n) is 27.1. The van der Waals surface area contributed by atoms with Crippen molar-refractivity contribution in [3.05, 3.63) is 228 Å². The predicted molar refractivity (Wildman–Crippen MR) is 323 cm³/mol. The van der Waals surface area contributed by atoms with Crippen molar-refractivity contribution in [2.45, 2.75) is 82.5 Å². The Labute approximate surface area is 498 Å². The van der Waals surface area contributed by atoms with Crippen LogP contribution in [0.3, 0.4) is 0 Å². The third-order valence-corrected chi connectivity index (χ3v) is 15.9. The minimum Gasteiger partial charge on any atom is -0.457 e. The van der Waals surface area contributed by atoms with Crippen molar-refractivity contribution in [3.63, 3.8) is 0 Å². The Morgan fingerprint density at radius 2 is 1.31 bits per heavy atom. The highest BCUT2D eigenvalue weighted by Gasteiger charge is 2.55. The largest absolute Gasteiger partial charge is 0.457 e. The summed E-state index contributed by atoms with van der Waals surface area (Å²) in [5, 5.41) is 16.3.